The van der Waals surface area contributed by atoms with E-state index < -0.39 is 6.36 Å². The van der Waals surface area contributed by atoms with Gasteiger partial charge in [-0.3, -0.25) is 0 Å². The van der Waals surface area contributed by atoms with E-state index in [0.717, 1.165) is 5.56 Å². The summed E-state index contributed by atoms with van der Waals surface area (Å²) in [6, 6.07) is 6.68. The van der Waals surface area contributed by atoms with Crippen molar-refractivity contribution >= 4 is 0 Å². The average Bonchev–Trinajstić information content (AvgIpc) is 2.92. The first-order chi connectivity index (χ1) is 8.35. The SMILES string of the molecule is CC(NC1CC1C)c1ccc(OC(F)(F)F)cc1. The molecule has 0 amide bonds. The van der Waals surface area contributed by atoms with Gasteiger partial charge in [0, 0.05) is 12.1 Å². The van der Waals surface area contributed by atoms with Crippen molar-refractivity contribution < 1.29 is 17.9 Å². The first-order valence-electron chi connectivity index (χ1n) is 5.97. The van der Waals surface area contributed by atoms with Gasteiger partial charge in [0.05, 0.1) is 0 Å². The molecular weight excluding hydrogens is 243 g/mol. The van der Waals surface area contributed by atoms with Crippen LogP contribution in [0, 0.1) is 5.92 Å². The molecule has 5 heteroatoms. The first kappa shape index (κ1) is 13.2. The summed E-state index contributed by atoms with van der Waals surface area (Å²) in [7, 11) is 0. The third-order valence-electron chi connectivity index (χ3n) is 3.19. The van der Waals surface area contributed by atoms with Crippen LogP contribution in [0.2, 0.25) is 0 Å². The quantitative estimate of drug-likeness (QED) is 0.891. The minimum Gasteiger partial charge on any atom is -0.406 e. The smallest absolute Gasteiger partial charge is 0.406 e. The largest absolute Gasteiger partial charge is 0.573 e. The minimum atomic E-state index is -4.63. The van der Waals surface area contributed by atoms with Crippen LogP contribution in [-0.4, -0.2) is 12.4 Å². The lowest BCUT2D eigenvalue weighted by Crippen LogP contribution is -2.22. The van der Waals surface area contributed by atoms with Crippen molar-refractivity contribution in [2.45, 2.75) is 38.7 Å². The van der Waals surface area contributed by atoms with Crippen LogP contribution >= 0.6 is 0 Å². The topological polar surface area (TPSA) is 21.3 Å². The van der Waals surface area contributed by atoms with E-state index in [4.69, 9.17) is 0 Å². The van der Waals surface area contributed by atoms with Gasteiger partial charge in [0.25, 0.3) is 0 Å². The number of hydrogen-bond acceptors (Lipinski definition) is 2. The molecule has 1 fully saturated rings. The zero-order valence-electron chi connectivity index (χ0n) is 10.3. The van der Waals surface area contributed by atoms with Crippen LogP contribution in [0.3, 0.4) is 0 Å². The van der Waals surface area contributed by atoms with Crippen molar-refractivity contribution in [3.63, 3.8) is 0 Å². The summed E-state index contributed by atoms with van der Waals surface area (Å²) in [5.41, 5.74) is 0.962. The molecule has 1 saturated carbocycles. The molecule has 0 aromatic heterocycles. The Morgan fingerprint density at radius 2 is 1.83 bits per heavy atom. The van der Waals surface area contributed by atoms with Crippen molar-refractivity contribution in [1.82, 2.24) is 5.32 Å². The molecule has 0 heterocycles. The summed E-state index contributed by atoms with van der Waals surface area (Å²) in [5, 5.41) is 3.42. The Hall–Kier alpha value is -1.23. The third-order valence-corrected chi connectivity index (χ3v) is 3.19. The number of hydrogen-bond donors (Lipinski definition) is 1. The van der Waals surface area contributed by atoms with Crippen LogP contribution in [0.25, 0.3) is 0 Å². The first-order valence-corrected chi connectivity index (χ1v) is 5.97. The molecule has 18 heavy (non-hydrogen) atoms. The van der Waals surface area contributed by atoms with Gasteiger partial charge in [0.1, 0.15) is 5.75 Å². The Morgan fingerprint density at radius 1 is 1.28 bits per heavy atom. The minimum absolute atomic E-state index is 0.139. The van der Waals surface area contributed by atoms with Gasteiger partial charge >= 0.3 is 6.36 Å². The Labute approximate surface area is 104 Å². The Bertz CT molecular complexity index is 402. The van der Waals surface area contributed by atoms with Crippen LogP contribution in [-0.2, 0) is 0 Å². The van der Waals surface area contributed by atoms with Crippen molar-refractivity contribution in [2.75, 3.05) is 0 Å². The van der Waals surface area contributed by atoms with Crippen LogP contribution in [0.4, 0.5) is 13.2 Å². The average molecular weight is 259 g/mol. The zero-order chi connectivity index (χ0) is 13.3. The lowest BCUT2D eigenvalue weighted by atomic mass is 10.1. The highest BCUT2D eigenvalue weighted by Gasteiger charge is 2.33. The standard InChI is InChI=1S/C13H16F3NO/c1-8-7-12(8)17-9(2)10-3-5-11(6-4-10)18-13(14,15)16/h3-6,8-9,12,17H,7H2,1-2H3. The molecule has 0 radical (unpaired) electrons. The Kier molecular flexibility index (Phi) is 3.52. The number of rotatable bonds is 4. The molecule has 1 aliphatic rings. The second kappa shape index (κ2) is 4.80. The number of nitrogens with one attached hydrogen (secondary N) is 1. The van der Waals surface area contributed by atoms with Gasteiger partial charge in [0.2, 0.25) is 0 Å². The van der Waals surface area contributed by atoms with Gasteiger partial charge in [0.15, 0.2) is 0 Å². The lowest BCUT2D eigenvalue weighted by molar-refractivity contribution is -0.274. The summed E-state index contributed by atoms with van der Waals surface area (Å²) in [5.74, 6) is 0.513. The summed E-state index contributed by atoms with van der Waals surface area (Å²) < 4.78 is 39.8. The predicted octanol–water partition coefficient (Wildman–Crippen LogP) is 3.64. The van der Waals surface area contributed by atoms with Gasteiger partial charge in [-0.05, 0) is 37.0 Å². The van der Waals surface area contributed by atoms with E-state index in [0.29, 0.717) is 12.0 Å². The maximum Gasteiger partial charge on any atom is 0.573 e. The molecule has 1 N–H and O–H groups in total. The van der Waals surface area contributed by atoms with E-state index in [-0.39, 0.29) is 11.8 Å². The third kappa shape index (κ3) is 3.63. The fourth-order valence-electron chi connectivity index (χ4n) is 1.93. The molecule has 2 nitrogen and oxygen atoms in total. The van der Waals surface area contributed by atoms with Gasteiger partial charge in [-0.25, -0.2) is 0 Å². The molecule has 0 spiro atoms. The normalized spacial score (nSPS) is 24.7. The molecular formula is C13H16F3NO. The van der Waals surface area contributed by atoms with E-state index in [2.05, 4.69) is 17.0 Å². The molecule has 1 aromatic rings. The second-order valence-electron chi connectivity index (χ2n) is 4.82. The molecule has 3 unspecified atom stereocenters. The van der Waals surface area contributed by atoms with Gasteiger partial charge < -0.3 is 10.1 Å². The highest BCUT2D eigenvalue weighted by atomic mass is 19.4. The molecule has 0 aliphatic heterocycles. The van der Waals surface area contributed by atoms with Gasteiger partial charge in [-0.2, -0.15) is 0 Å². The van der Waals surface area contributed by atoms with Crippen molar-refractivity contribution in [3.05, 3.63) is 29.8 Å². The van der Waals surface area contributed by atoms with E-state index in [9.17, 15) is 13.2 Å². The second-order valence-corrected chi connectivity index (χ2v) is 4.82. The van der Waals surface area contributed by atoms with Crippen molar-refractivity contribution in [1.29, 1.82) is 0 Å². The fraction of sp³-hybridized carbons (Fsp3) is 0.538. The number of halogens is 3. The fourth-order valence-corrected chi connectivity index (χ4v) is 1.93. The molecule has 100 valence electrons. The van der Waals surface area contributed by atoms with Crippen LogP contribution in [0.1, 0.15) is 31.9 Å². The highest BCUT2D eigenvalue weighted by Crippen LogP contribution is 2.32. The van der Waals surface area contributed by atoms with Gasteiger partial charge in [-0.1, -0.05) is 19.1 Å². The molecule has 0 bridgehead atoms. The van der Waals surface area contributed by atoms with E-state index in [1.807, 2.05) is 6.92 Å². The van der Waals surface area contributed by atoms with Crippen LogP contribution in [0.15, 0.2) is 24.3 Å². The monoisotopic (exact) mass is 259 g/mol. The van der Waals surface area contributed by atoms with Crippen molar-refractivity contribution in [2.24, 2.45) is 5.92 Å². The number of benzene rings is 1. The number of ether oxygens (including phenoxy) is 1. The number of alkyl halides is 3. The highest BCUT2D eigenvalue weighted by molar-refractivity contribution is 5.29. The Morgan fingerprint density at radius 3 is 2.28 bits per heavy atom. The Balaban J connectivity index is 1.94. The van der Waals surface area contributed by atoms with E-state index >= 15 is 0 Å². The molecule has 1 aromatic carbocycles. The maximum atomic E-state index is 12.0. The van der Waals surface area contributed by atoms with Crippen LogP contribution in [0.5, 0.6) is 5.75 Å². The summed E-state index contributed by atoms with van der Waals surface area (Å²) >= 11 is 0. The van der Waals surface area contributed by atoms with Crippen LogP contribution < -0.4 is 10.1 Å². The predicted molar refractivity (Wildman–Crippen MR) is 62.2 cm³/mol. The lowest BCUT2D eigenvalue weighted by Gasteiger charge is -2.15. The summed E-state index contributed by atoms with van der Waals surface area (Å²) in [4.78, 5) is 0. The molecule has 1 aliphatic carbocycles. The van der Waals surface area contributed by atoms with Crippen molar-refractivity contribution in [3.8, 4) is 5.75 Å². The molecule has 3 atom stereocenters. The molecule has 2 rings (SSSR count). The summed E-state index contributed by atoms with van der Waals surface area (Å²) in [6.45, 7) is 4.18. The van der Waals surface area contributed by atoms with Gasteiger partial charge in [-0.15, -0.1) is 13.2 Å². The summed E-state index contributed by atoms with van der Waals surface area (Å²) in [6.07, 6.45) is -3.46. The maximum absolute atomic E-state index is 12.0. The molecule has 0 saturated heterocycles. The zero-order valence-corrected chi connectivity index (χ0v) is 10.3. The van der Waals surface area contributed by atoms with E-state index in [1.165, 1.54) is 18.6 Å². The van der Waals surface area contributed by atoms with E-state index in [1.54, 1.807) is 12.1 Å².